The van der Waals surface area contributed by atoms with Crippen molar-refractivity contribution < 1.29 is 14.3 Å². The van der Waals surface area contributed by atoms with Gasteiger partial charge in [0.1, 0.15) is 0 Å². The molecule has 2 atom stereocenters. The lowest BCUT2D eigenvalue weighted by molar-refractivity contribution is -0.148. The molecule has 4 aliphatic rings. The van der Waals surface area contributed by atoms with Gasteiger partial charge in [-0.3, -0.25) is 9.59 Å². The molecule has 1 saturated carbocycles. The largest absolute Gasteiger partial charge is 0.378 e. The molecule has 3 aliphatic heterocycles. The molecule has 31 heavy (non-hydrogen) atoms. The summed E-state index contributed by atoms with van der Waals surface area (Å²) >= 11 is 0. The highest BCUT2D eigenvalue weighted by Crippen LogP contribution is 2.45. The molecule has 8 nitrogen and oxygen atoms in total. The smallest absolute Gasteiger partial charge is 0.231 e. The van der Waals surface area contributed by atoms with Crippen LogP contribution in [0.1, 0.15) is 38.5 Å². The number of fused-ring (bicyclic) bond motifs is 1. The monoisotopic (exact) mass is 427 g/mol. The van der Waals surface area contributed by atoms with Crippen LogP contribution in [0.4, 0.5) is 5.95 Å². The number of hydrogen-bond acceptors (Lipinski definition) is 6. The van der Waals surface area contributed by atoms with E-state index in [4.69, 9.17) is 4.74 Å². The first kappa shape index (κ1) is 20.7. The molecule has 8 heteroatoms. The number of anilines is 1. The maximum atomic E-state index is 13.9. The quantitative estimate of drug-likeness (QED) is 0.729. The predicted molar refractivity (Wildman–Crippen MR) is 115 cm³/mol. The number of amides is 2. The molecule has 1 aromatic heterocycles. The summed E-state index contributed by atoms with van der Waals surface area (Å²) < 4.78 is 5.49. The highest BCUT2D eigenvalue weighted by molar-refractivity contribution is 5.85. The zero-order valence-electron chi connectivity index (χ0n) is 18.2. The number of nitrogens with zero attached hydrogens (tertiary/aromatic N) is 5. The summed E-state index contributed by atoms with van der Waals surface area (Å²) in [5.41, 5.74) is -0.485. The van der Waals surface area contributed by atoms with Crippen LogP contribution in [-0.4, -0.2) is 84.1 Å². The maximum absolute atomic E-state index is 13.9. The second kappa shape index (κ2) is 8.73. The van der Waals surface area contributed by atoms with Gasteiger partial charge >= 0.3 is 0 Å². The van der Waals surface area contributed by atoms with Gasteiger partial charge in [-0.25, -0.2) is 9.97 Å². The van der Waals surface area contributed by atoms with Gasteiger partial charge in [-0.15, -0.1) is 0 Å². The summed E-state index contributed by atoms with van der Waals surface area (Å²) in [5, 5.41) is 0. The molecule has 168 valence electrons. The summed E-state index contributed by atoms with van der Waals surface area (Å²) in [6, 6.07) is 1.81. The van der Waals surface area contributed by atoms with Crippen molar-refractivity contribution >= 4 is 17.8 Å². The molecular weight excluding hydrogens is 394 g/mol. The molecule has 2 amide bonds. The zero-order chi connectivity index (χ0) is 21.3. The highest BCUT2D eigenvalue weighted by atomic mass is 16.5. The Bertz CT molecular complexity index is 794. The number of hydrogen-bond donors (Lipinski definition) is 0. The Hall–Kier alpha value is -2.22. The Morgan fingerprint density at radius 2 is 1.71 bits per heavy atom. The van der Waals surface area contributed by atoms with E-state index in [2.05, 4.69) is 19.8 Å². The van der Waals surface area contributed by atoms with E-state index in [9.17, 15) is 9.59 Å². The normalized spacial score (nSPS) is 29.7. The van der Waals surface area contributed by atoms with Crippen LogP contribution in [0, 0.1) is 17.3 Å². The van der Waals surface area contributed by atoms with Gasteiger partial charge in [-0.1, -0.05) is 12.8 Å². The number of rotatable bonds is 3. The Morgan fingerprint density at radius 3 is 2.45 bits per heavy atom. The summed E-state index contributed by atoms with van der Waals surface area (Å²) in [5.74, 6) is 1.49. The van der Waals surface area contributed by atoms with Crippen molar-refractivity contribution in [2.45, 2.75) is 38.5 Å². The van der Waals surface area contributed by atoms with E-state index in [0.717, 1.165) is 45.1 Å². The van der Waals surface area contributed by atoms with Crippen LogP contribution >= 0.6 is 0 Å². The molecule has 0 unspecified atom stereocenters. The van der Waals surface area contributed by atoms with Crippen molar-refractivity contribution in [3.63, 3.8) is 0 Å². The number of likely N-dealkylation sites (tertiary alicyclic amines) is 1. The molecule has 0 aromatic carbocycles. The van der Waals surface area contributed by atoms with E-state index in [1.165, 1.54) is 0 Å². The lowest BCUT2D eigenvalue weighted by atomic mass is 9.73. The van der Waals surface area contributed by atoms with Gasteiger partial charge in [-0.05, 0) is 31.7 Å². The van der Waals surface area contributed by atoms with Crippen LogP contribution in [0.25, 0.3) is 0 Å². The fraction of sp³-hybridized carbons (Fsp3) is 0.739. The fourth-order valence-electron chi connectivity index (χ4n) is 6.10. The Kier molecular flexibility index (Phi) is 5.82. The predicted octanol–water partition coefficient (Wildman–Crippen LogP) is 1.57. The summed E-state index contributed by atoms with van der Waals surface area (Å²) in [7, 11) is 0. The lowest BCUT2D eigenvalue weighted by Gasteiger charge is -2.38. The van der Waals surface area contributed by atoms with Gasteiger partial charge in [0.15, 0.2) is 0 Å². The summed E-state index contributed by atoms with van der Waals surface area (Å²) in [6.07, 6.45) is 9.54. The summed E-state index contributed by atoms with van der Waals surface area (Å²) in [4.78, 5) is 42.3. The van der Waals surface area contributed by atoms with Crippen LogP contribution in [0.15, 0.2) is 18.5 Å². The molecule has 3 saturated heterocycles. The first-order chi connectivity index (χ1) is 15.2. The van der Waals surface area contributed by atoms with Crippen molar-refractivity contribution in [3.8, 4) is 0 Å². The number of morpholine rings is 1. The van der Waals surface area contributed by atoms with Crippen LogP contribution < -0.4 is 4.90 Å². The maximum Gasteiger partial charge on any atom is 0.231 e. The fourth-order valence-corrected chi connectivity index (χ4v) is 6.10. The Labute approximate surface area is 183 Å². The SMILES string of the molecule is O=C(C1CCCC1)N1CCC[C@@]2(C(=O)N3CCOCC3)CN(c3ncccn3)C[C@H]2C1. The standard InChI is InChI=1S/C23H33N5O3/c29-20(18-5-1-2-6-18)27-10-3-7-23(21(30)26-11-13-31-14-12-26)17-28(16-19(23)15-27)22-24-8-4-9-25-22/h4,8-9,18-19H,1-3,5-7,10-17H2/t19-,23-/m1/s1. The van der Waals surface area contributed by atoms with Gasteiger partial charge in [0.2, 0.25) is 17.8 Å². The molecule has 0 N–H and O–H groups in total. The minimum atomic E-state index is -0.485. The lowest BCUT2D eigenvalue weighted by Crippen LogP contribution is -2.53. The van der Waals surface area contributed by atoms with E-state index in [1.807, 2.05) is 11.0 Å². The van der Waals surface area contributed by atoms with Gasteiger partial charge in [0.25, 0.3) is 0 Å². The van der Waals surface area contributed by atoms with E-state index in [-0.39, 0.29) is 17.7 Å². The average molecular weight is 428 g/mol. The first-order valence-electron chi connectivity index (χ1n) is 11.9. The molecular formula is C23H33N5O3. The van der Waals surface area contributed by atoms with Gasteiger partial charge < -0.3 is 19.4 Å². The third-order valence-electron chi connectivity index (χ3n) is 7.76. The Balaban J connectivity index is 1.42. The molecule has 0 radical (unpaired) electrons. The van der Waals surface area contributed by atoms with Crippen molar-refractivity contribution in [2.24, 2.45) is 17.3 Å². The van der Waals surface area contributed by atoms with Gasteiger partial charge in [-0.2, -0.15) is 0 Å². The van der Waals surface area contributed by atoms with E-state index in [1.54, 1.807) is 12.4 Å². The molecule has 4 fully saturated rings. The number of carbonyl (C=O) groups excluding carboxylic acids is 2. The second-order valence-electron chi connectivity index (χ2n) is 9.56. The van der Waals surface area contributed by atoms with E-state index >= 15 is 0 Å². The minimum Gasteiger partial charge on any atom is -0.378 e. The molecule has 5 rings (SSSR count). The van der Waals surface area contributed by atoms with Crippen LogP contribution in [-0.2, 0) is 14.3 Å². The minimum absolute atomic E-state index is 0.0968. The topological polar surface area (TPSA) is 78.9 Å². The third-order valence-corrected chi connectivity index (χ3v) is 7.76. The highest BCUT2D eigenvalue weighted by Gasteiger charge is 2.55. The van der Waals surface area contributed by atoms with Crippen LogP contribution in [0.5, 0.6) is 0 Å². The number of aromatic nitrogens is 2. The van der Waals surface area contributed by atoms with Gasteiger partial charge in [0, 0.05) is 63.5 Å². The van der Waals surface area contributed by atoms with Crippen molar-refractivity contribution in [2.75, 3.05) is 57.4 Å². The van der Waals surface area contributed by atoms with Crippen LogP contribution in [0.2, 0.25) is 0 Å². The molecule has 0 bridgehead atoms. The van der Waals surface area contributed by atoms with E-state index in [0.29, 0.717) is 57.8 Å². The second-order valence-corrected chi connectivity index (χ2v) is 9.56. The van der Waals surface area contributed by atoms with Crippen molar-refractivity contribution in [1.29, 1.82) is 0 Å². The third kappa shape index (κ3) is 3.90. The first-order valence-corrected chi connectivity index (χ1v) is 11.9. The van der Waals surface area contributed by atoms with Crippen LogP contribution in [0.3, 0.4) is 0 Å². The molecule has 1 aliphatic carbocycles. The van der Waals surface area contributed by atoms with Crippen molar-refractivity contribution in [3.05, 3.63) is 18.5 Å². The number of ether oxygens (including phenoxy) is 1. The van der Waals surface area contributed by atoms with E-state index < -0.39 is 5.41 Å². The average Bonchev–Trinajstić information content (AvgIpc) is 3.45. The zero-order valence-corrected chi connectivity index (χ0v) is 18.2. The molecule has 0 spiro atoms. The molecule has 1 aromatic rings. The number of carbonyl (C=O) groups is 2. The van der Waals surface area contributed by atoms with Gasteiger partial charge in [0.05, 0.1) is 18.6 Å². The van der Waals surface area contributed by atoms with Crippen molar-refractivity contribution in [1.82, 2.24) is 19.8 Å². The molecule has 4 heterocycles. The Morgan fingerprint density at radius 1 is 0.968 bits per heavy atom. The summed E-state index contributed by atoms with van der Waals surface area (Å²) in [6.45, 7) is 5.28.